The monoisotopic (exact) mass is 275 g/mol. The van der Waals surface area contributed by atoms with E-state index in [-0.39, 0.29) is 5.56 Å². The third-order valence-electron chi connectivity index (χ3n) is 2.90. The molecule has 0 saturated carbocycles. The van der Waals surface area contributed by atoms with Crippen molar-refractivity contribution in [1.82, 2.24) is 0 Å². The Morgan fingerprint density at radius 1 is 1.11 bits per heavy atom. The van der Waals surface area contributed by atoms with E-state index in [9.17, 15) is 13.2 Å². The molecule has 1 saturated heterocycles. The molecule has 2 nitrogen and oxygen atoms in total. The van der Waals surface area contributed by atoms with Crippen LogP contribution in [-0.2, 0) is 10.9 Å². The largest absolute Gasteiger partial charge is 0.416 e. The molecule has 0 radical (unpaired) electrons. The van der Waals surface area contributed by atoms with Crippen LogP contribution in [0.4, 0.5) is 18.9 Å². The van der Waals surface area contributed by atoms with Gasteiger partial charge in [-0.15, -0.1) is 0 Å². The quantitative estimate of drug-likeness (QED) is 0.771. The van der Waals surface area contributed by atoms with Crippen LogP contribution in [0, 0.1) is 6.92 Å². The normalized spacial score (nSPS) is 15.8. The molecule has 1 aromatic carbocycles. The van der Waals surface area contributed by atoms with Crippen molar-refractivity contribution >= 4 is 5.69 Å². The standard InChI is InChI=1S/C12H14F3NO.C2H6/c1-9-2-3-10(8-11(9)12(13,14)15)16-4-6-17-7-5-16;1-2/h2-3,8H,4-7H2,1H3;1-2H3. The molecule has 108 valence electrons. The molecular formula is C14H20F3NO. The van der Waals surface area contributed by atoms with Crippen LogP contribution in [0.5, 0.6) is 0 Å². The predicted molar refractivity (Wildman–Crippen MR) is 70.6 cm³/mol. The predicted octanol–water partition coefficient (Wildman–Crippen LogP) is 3.88. The summed E-state index contributed by atoms with van der Waals surface area (Å²) in [6, 6.07) is 4.48. The lowest BCUT2D eigenvalue weighted by Gasteiger charge is -2.29. The summed E-state index contributed by atoms with van der Waals surface area (Å²) < 4.78 is 43.4. The number of rotatable bonds is 1. The van der Waals surface area contributed by atoms with Crippen LogP contribution in [0.2, 0.25) is 0 Å². The van der Waals surface area contributed by atoms with E-state index in [1.165, 1.54) is 19.1 Å². The van der Waals surface area contributed by atoms with E-state index in [1.54, 1.807) is 6.07 Å². The number of anilines is 1. The van der Waals surface area contributed by atoms with Crippen molar-refractivity contribution in [3.63, 3.8) is 0 Å². The smallest absolute Gasteiger partial charge is 0.378 e. The van der Waals surface area contributed by atoms with Gasteiger partial charge in [-0.2, -0.15) is 13.2 Å². The molecule has 5 heteroatoms. The van der Waals surface area contributed by atoms with Gasteiger partial charge in [-0.05, 0) is 24.6 Å². The molecule has 0 aromatic heterocycles. The minimum Gasteiger partial charge on any atom is -0.378 e. The molecule has 0 spiro atoms. The van der Waals surface area contributed by atoms with Crippen molar-refractivity contribution in [2.75, 3.05) is 31.2 Å². The van der Waals surface area contributed by atoms with Crippen LogP contribution < -0.4 is 4.90 Å². The Kier molecular flexibility index (Phi) is 5.66. The fourth-order valence-corrected chi connectivity index (χ4v) is 1.93. The van der Waals surface area contributed by atoms with E-state index in [4.69, 9.17) is 4.74 Å². The Bertz CT molecular complexity index is 398. The highest BCUT2D eigenvalue weighted by atomic mass is 19.4. The summed E-state index contributed by atoms with van der Waals surface area (Å²) in [6.45, 7) is 7.89. The Labute approximate surface area is 112 Å². The van der Waals surface area contributed by atoms with E-state index in [1.807, 2.05) is 18.7 Å². The van der Waals surface area contributed by atoms with Gasteiger partial charge in [0.25, 0.3) is 0 Å². The SMILES string of the molecule is CC.Cc1ccc(N2CCOCC2)cc1C(F)(F)F. The number of alkyl halides is 3. The lowest BCUT2D eigenvalue weighted by Crippen LogP contribution is -2.36. The van der Waals surface area contributed by atoms with Crippen molar-refractivity contribution in [1.29, 1.82) is 0 Å². The van der Waals surface area contributed by atoms with Crippen molar-refractivity contribution in [3.05, 3.63) is 29.3 Å². The van der Waals surface area contributed by atoms with Gasteiger partial charge < -0.3 is 9.64 Å². The van der Waals surface area contributed by atoms with Gasteiger partial charge in [-0.3, -0.25) is 0 Å². The van der Waals surface area contributed by atoms with E-state index >= 15 is 0 Å². The molecule has 0 bridgehead atoms. The molecule has 0 N–H and O–H groups in total. The summed E-state index contributed by atoms with van der Waals surface area (Å²) in [5.41, 5.74) is 0.322. The average Bonchev–Trinajstić information content (AvgIpc) is 2.41. The van der Waals surface area contributed by atoms with Gasteiger partial charge in [0.05, 0.1) is 18.8 Å². The first-order valence-corrected chi connectivity index (χ1v) is 6.49. The Balaban J connectivity index is 0.000000861. The van der Waals surface area contributed by atoms with Crippen molar-refractivity contribution in [2.24, 2.45) is 0 Å². The first kappa shape index (κ1) is 15.8. The van der Waals surface area contributed by atoms with Crippen molar-refractivity contribution in [2.45, 2.75) is 26.9 Å². The maximum Gasteiger partial charge on any atom is 0.416 e. The maximum atomic E-state index is 12.8. The summed E-state index contributed by atoms with van der Waals surface area (Å²) in [4.78, 5) is 1.91. The average molecular weight is 275 g/mol. The molecule has 0 unspecified atom stereocenters. The molecule has 1 aromatic rings. The van der Waals surface area contributed by atoms with Gasteiger partial charge >= 0.3 is 6.18 Å². The Hall–Kier alpha value is -1.23. The van der Waals surface area contributed by atoms with Gasteiger partial charge in [0, 0.05) is 18.8 Å². The second kappa shape index (κ2) is 6.80. The van der Waals surface area contributed by atoms with Gasteiger partial charge in [0.2, 0.25) is 0 Å². The highest BCUT2D eigenvalue weighted by Gasteiger charge is 2.32. The topological polar surface area (TPSA) is 12.5 Å². The molecular weight excluding hydrogens is 255 g/mol. The van der Waals surface area contributed by atoms with Gasteiger partial charge in [-0.1, -0.05) is 19.9 Å². The van der Waals surface area contributed by atoms with Crippen molar-refractivity contribution < 1.29 is 17.9 Å². The number of ether oxygens (including phenoxy) is 1. The van der Waals surface area contributed by atoms with Gasteiger partial charge in [0.15, 0.2) is 0 Å². The summed E-state index contributed by atoms with van der Waals surface area (Å²) in [7, 11) is 0. The number of halogens is 3. The van der Waals surface area contributed by atoms with Crippen LogP contribution in [0.25, 0.3) is 0 Å². The van der Waals surface area contributed by atoms with E-state index < -0.39 is 11.7 Å². The number of nitrogens with zero attached hydrogens (tertiary/aromatic N) is 1. The minimum atomic E-state index is -4.29. The van der Waals surface area contributed by atoms with Crippen LogP contribution >= 0.6 is 0 Å². The van der Waals surface area contributed by atoms with Crippen LogP contribution in [-0.4, -0.2) is 26.3 Å². The number of aryl methyl sites for hydroxylation is 1. The third-order valence-corrected chi connectivity index (χ3v) is 2.90. The van der Waals surface area contributed by atoms with E-state index in [0.717, 1.165) is 0 Å². The van der Waals surface area contributed by atoms with Crippen molar-refractivity contribution in [3.8, 4) is 0 Å². The molecule has 2 rings (SSSR count). The van der Waals surface area contributed by atoms with E-state index in [2.05, 4.69) is 0 Å². The van der Waals surface area contributed by atoms with Gasteiger partial charge in [-0.25, -0.2) is 0 Å². The zero-order valence-corrected chi connectivity index (χ0v) is 11.5. The second-order valence-corrected chi connectivity index (χ2v) is 4.10. The lowest BCUT2D eigenvalue weighted by atomic mass is 10.1. The Morgan fingerprint density at radius 3 is 2.21 bits per heavy atom. The van der Waals surface area contributed by atoms with Crippen LogP contribution in [0.3, 0.4) is 0 Å². The lowest BCUT2D eigenvalue weighted by molar-refractivity contribution is -0.138. The van der Waals surface area contributed by atoms with Crippen LogP contribution in [0.15, 0.2) is 18.2 Å². The first-order chi connectivity index (χ1) is 8.98. The maximum absolute atomic E-state index is 12.8. The number of hydrogen-bond donors (Lipinski definition) is 0. The summed E-state index contributed by atoms with van der Waals surface area (Å²) in [5, 5.41) is 0. The zero-order valence-electron chi connectivity index (χ0n) is 11.5. The molecule has 19 heavy (non-hydrogen) atoms. The molecule has 0 aliphatic carbocycles. The number of morpholine rings is 1. The molecule has 1 aliphatic rings. The highest BCUT2D eigenvalue weighted by Crippen LogP contribution is 2.34. The zero-order chi connectivity index (χ0) is 14.5. The number of hydrogen-bond acceptors (Lipinski definition) is 2. The molecule has 1 aliphatic heterocycles. The number of benzene rings is 1. The Morgan fingerprint density at radius 2 is 1.68 bits per heavy atom. The highest BCUT2D eigenvalue weighted by molar-refractivity contribution is 5.52. The molecule has 1 heterocycles. The molecule has 1 fully saturated rings. The van der Waals surface area contributed by atoms with Gasteiger partial charge in [0.1, 0.15) is 0 Å². The fourth-order valence-electron chi connectivity index (χ4n) is 1.93. The summed E-state index contributed by atoms with van der Waals surface area (Å²) in [5.74, 6) is 0. The second-order valence-electron chi connectivity index (χ2n) is 4.10. The third kappa shape index (κ3) is 4.13. The first-order valence-electron chi connectivity index (χ1n) is 6.49. The van der Waals surface area contributed by atoms with Crippen LogP contribution in [0.1, 0.15) is 25.0 Å². The molecule has 0 amide bonds. The summed E-state index contributed by atoms with van der Waals surface area (Å²) >= 11 is 0. The summed E-state index contributed by atoms with van der Waals surface area (Å²) in [6.07, 6.45) is -4.29. The molecule has 0 atom stereocenters. The minimum absolute atomic E-state index is 0.259. The fraction of sp³-hybridized carbons (Fsp3) is 0.571. The van der Waals surface area contributed by atoms with E-state index in [0.29, 0.717) is 32.0 Å².